The standard InChI is InChI=1S/C11H14BrClN2O2/c1-6-5-7(8(12)15-9(6)13)14-10(16)17-11(2,3)4/h5H,1-4H3,(H,14,16). The van der Waals surface area contributed by atoms with Crippen molar-refractivity contribution in [2.75, 3.05) is 5.32 Å². The van der Waals surface area contributed by atoms with E-state index < -0.39 is 11.7 Å². The van der Waals surface area contributed by atoms with Gasteiger partial charge in [-0.05, 0) is 55.3 Å². The summed E-state index contributed by atoms with van der Waals surface area (Å²) in [4.78, 5) is 15.6. The summed E-state index contributed by atoms with van der Waals surface area (Å²) in [6.07, 6.45) is -0.526. The summed E-state index contributed by atoms with van der Waals surface area (Å²) < 4.78 is 5.61. The maximum absolute atomic E-state index is 11.6. The predicted molar refractivity (Wildman–Crippen MR) is 71.5 cm³/mol. The van der Waals surface area contributed by atoms with Gasteiger partial charge < -0.3 is 4.74 Å². The average molecular weight is 322 g/mol. The first-order chi connectivity index (χ1) is 7.69. The molecule has 0 saturated carbocycles. The largest absolute Gasteiger partial charge is 0.444 e. The van der Waals surface area contributed by atoms with Gasteiger partial charge in [-0.3, -0.25) is 5.32 Å². The molecule has 0 aromatic carbocycles. The molecule has 1 N–H and O–H groups in total. The number of nitrogens with zero attached hydrogens (tertiary/aromatic N) is 1. The molecule has 17 heavy (non-hydrogen) atoms. The number of carbonyl (C=O) groups is 1. The number of anilines is 1. The maximum atomic E-state index is 11.6. The van der Waals surface area contributed by atoms with Gasteiger partial charge in [-0.25, -0.2) is 9.78 Å². The Bertz CT molecular complexity index is 444. The molecule has 0 unspecified atom stereocenters. The predicted octanol–water partition coefficient (Wildman–Crippen LogP) is 4.15. The molecule has 0 aliphatic heterocycles. The van der Waals surface area contributed by atoms with Crippen LogP contribution in [-0.2, 0) is 4.74 Å². The summed E-state index contributed by atoms with van der Waals surface area (Å²) in [7, 11) is 0. The fourth-order valence-electron chi connectivity index (χ4n) is 1.07. The molecule has 4 nitrogen and oxygen atoms in total. The zero-order chi connectivity index (χ0) is 13.2. The lowest BCUT2D eigenvalue weighted by molar-refractivity contribution is 0.0636. The van der Waals surface area contributed by atoms with E-state index in [9.17, 15) is 4.79 Å². The Balaban J connectivity index is 2.82. The molecule has 1 aromatic rings. The van der Waals surface area contributed by atoms with Gasteiger partial charge >= 0.3 is 6.09 Å². The summed E-state index contributed by atoms with van der Waals surface area (Å²) in [5.41, 5.74) is 0.771. The first-order valence-corrected chi connectivity index (χ1v) is 6.19. The number of halogens is 2. The molecule has 0 bridgehead atoms. The van der Waals surface area contributed by atoms with Crippen molar-refractivity contribution in [3.63, 3.8) is 0 Å². The second-order valence-corrected chi connectivity index (χ2v) is 5.67. The van der Waals surface area contributed by atoms with Crippen LogP contribution in [-0.4, -0.2) is 16.7 Å². The van der Waals surface area contributed by atoms with E-state index in [1.165, 1.54) is 0 Å². The highest BCUT2D eigenvalue weighted by atomic mass is 79.9. The molecular weight excluding hydrogens is 307 g/mol. The third kappa shape index (κ3) is 4.52. The molecule has 6 heteroatoms. The fourth-order valence-corrected chi connectivity index (χ4v) is 1.70. The fraction of sp³-hybridized carbons (Fsp3) is 0.455. The Labute approximate surface area is 114 Å². The number of hydrogen-bond donors (Lipinski definition) is 1. The van der Waals surface area contributed by atoms with Gasteiger partial charge in [0, 0.05) is 0 Å². The summed E-state index contributed by atoms with van der Waals surface area (Å²) >= 11 is 9.07. The van der Waals surface area contributed by atoms with Crippen molar-refractivity contribution in [1.29, 1.82) is 0 Å². The van der Waals surface area contributed by atoms with Crippen LogP contribution in [0.3, 0.4) is 0 Å². The molecular formula is C11H14BrClN2O2. The van der Waals surface area contributed by atoms with E-state index in [0.29, 0.717) is 15.4 Å². The molecule has 0 saturated heterocycles. The Morgan fingerprint density at radius 1 is 1.53 bits per heavy atom. The highest BCUT2D eigenvalue weighted by Gasteiger charge is 2.17. The molecule has 1 heterocycles. The van der Waals surface area contributed by atoms with Crippen LogP contribution in [0, 0.1) is 6.92 Å². The molecule has 1 amide bonds. The quantitative estimate of drug-likeness (QED) is 0.790. The molecule has 1 aromatic heterocycles. The van der Waals surface area contributed by atoms with Crippen molar-refractivity contribution < 1.29 is 9.53 Å². The van der Waals surface area contributed by atoms with Crippen LogP contribution < -0.4 is 5.32 Å². The highest BCUT2D eigenvalue weighted by molar-refractivity contribution is 9.10. The Morgan fingerprint density at radius 2 is 2.12 bits per heavy atom. The SMILES string of the molecule is Cc1cc(NC(=O)OC(C)(C)C)c(Br)nc1Cl. The number of aryl methyl sites for hydroxylation is 1. The summed E-state index contributed by atoms with van der Waals surface area (Å²) in [5.74, 6) is 0. The van der Waals surface area contributed by atoms with E-state index in [4.69, 9.17) is 16.3 Å². The first kappa shape index (κ1) is 14.3. The van der Waals surface area contributed by atoms with E-state index in [0.717, 1.165) is 5.56 Å². The Kier molecular flexibility index (Phi) is 4.38. The zero-order valence-corrected chi connectivity index (χ0v) is 12.4. The lowest BCUT2D eigenvalue weighted by Crippen LogP contribution is -2.27. The van der Waals surface area contributed by atoms with E-state index in [1.54, 1.807) is 26.8 Å². The number of pyridine rings is 1. The smallest absolute Gasteiger partial charge is 0.412 e. The van der Waals surface area contributed by atoms with Crippen LogP contribution in [0.4, 0.5) is 10.5 Å². The van der Waals surface area contributed by atoms with Crippen LogP contribution in [0.15, 0.2) is 10.7 Å². The van der Waals surface area contributed by atoms with Crippen LogP contribution >= 0.6 is 27.5 Å². The van der Waals surface area contributed by atoms with Crippen LogP contribution in [0.5, 0.6) is 0 Å². The minimum Gasteiger partial charge on any atom is -0.444 e. The zero-order valence-electron chi connectivity index (χ0n) is 10.1. The van der Waals surface area contributed by atoms with Gasteiger partial charge in [-0.2, -0.15) is 0 Å². The number of hydrogen-bond acceptors (Lipinski definition) is 3. The van der Waals surface area contributed by atoms with Crippen LogP contribution in [0.2, 0.25) is 5.15 Å². The number of ether oxygens (including phenoxy) is 1. The third-order valence-corrected chi connectivity index (χ3v) is 2.73. The lowest BCUT2D eigenvalue weighted by Gasteiger charge is -2.20. The van der Waals surface area contributed by atoms with Gasteiger partial charge in [-0.1, -0.05) is 11.6 Å². The van der Waals surface area contributed by atoms with Crippen molar-refractivity contribution in [3.8, 4) is 0 Å². The van der Waals surface area contributed by atoms with E-state index in [-0.39, 0.29) is 0 Å². The van der Waals surface area contributed by atoms with Gasteiger partial charge in [0.25, 0.3) is 0 Å². The molecule has 0 aliphatic rings. The van der Waals surface area contributed by atoms with Crippen LogP contribution in [0.1, 0.15) is 26.3 Å². The van der Waals surface area contributed by atoms with Gasteiger partial charge in [0.1, 0.15) is 15.4 Å². The number of rotatable bonds is 1. The maximum Gasteiger partial charge on any atom is 0.412 e. The number of carbonyl (C=O) groups excluding carboxylic acids is 1. The average Bonchev–Trinajstić information content (AvgIpc) is 2.11. The lowest BCUT2D eigenvalue weighted by atomic mass is 10.2. The van der Waals surface area contributed by atoms with Crippen molar-refractivity contribution in [2.45, 2.75) is 33.3 Å². The molecule has 0 atom stereocenters. The van der Waals surface area contributed by atoms with E-state index >= 15 is 0 Å². The van der Waals surface area contributed by atoms with E-state index in [2.05, 4.69) is 26.2 Å². The van der Waals surface area contributed by atoms with Crippen molar-refractivity contribution in [2.24, 2.45) is 0 Å². The van der Waals surface area contributed by atoms with Crippen LogP contribution in [0.25, 0.3) is 0 Å². The molecule has 0 spiro atoms. The van der Waals surface area contributed by atoms with Crippen molar-refractivity contribution in [3.05, 3.63) is 21.4 Å². The van der Waals surface area contributed by atoms with Gasteiger partial charge in [0.2, 0.25) is 0 Å². The van der Waals surface area contributed by atoms with Crippen molar-refractivity contribution >= 4 is 39.3 Å². The monoisotopic (exact) mass is 320 g/mol. The minimum absolute atomic E-state index is 0.395. The molecule has 0 fully saturated rings. The summed E-state index contributed by atoms with van der Waals surface area (Å²) in [6.45, 7) is 7.20. The van der Waals surface area contributed by atoms with Gasteiger partial charge in [0.15, 0.2) is 0 Å². The Hall–Kier alpha value is -0.810. The normalized spacial score (nSPS) is 11.2. The molecule has 0 aliphatic carbocycles. The van der Waals surface area contributed by atoms with Crippen molar-refractivity contribution in [1.82, 2.24) is 4.98 Å². The minimum atomic E-state index is -0.536. The molecule has 0 radical (unpaired) electrons. The van der Waals surface area contributed by atoms with Gasteiger partial charge in [-0.15, -0.1) is 0 Å². The van der Waals surface area contributed by atoms with E-state index in [1.807, 2.05) is 6.92 Å². The highest BCUT2D eigenvalue weighted by Crippen LogP contribution is 2.26. The first-order valence-electron chi connectivity index (χ1n) is 5.01. The number of amides is 1. The summed E-state index contributed by atoms with van der Waals surface area (Å²) in [5, 5.41) is 3.00. The Morgan fingerprint density at radius 3 is 2.65 bits per heavy atom. The second kappa shape index (κ2) is 5.23. The third-order valence-electron chi connectivity index (χ3n) is 1.74. The summed E-state index contributed by atoms with van der Waals surface area (Å²) in [6, 6.07) is 1.73. The number of nitrogens with one attached hydrogen (secondary N) is 1. The molecule has 1 rings (SSSR count). The second-order valence-electron chi connectivity index (χ2n) is 4.56. The topological polar surface area (TPSA) is 51.2 Å². The molecule has 94 valence electrons. The van der Waals surface area contributed by atoms with Gasteiger partial charge in [0.05, 0.1) is 5.69 Å². The number of aromatic nitrogens is 1.